The Hall–Kier alpha value is -2.14. The zero-order valence-corrected chi connectivity index (χ0v) is 26.0. The number of sulfonamides is 2. The van der Waals surface area contributed by atoms with Gasteiger partial charge in [0, 0.05) is 66.7 Å². The quantitative estimate of drug-likeness (QED) is 0.432. The van der Waals surface area contributed by atoms with Gasteiger partial charge in [0.2, 0.25) is 15.9 Å². The number of nitrogens with one attached hydrogen (secondary N) is 1. The summed E-state index contributed by atoms with van der Waals surface area (Å²) in [7, 11) is -6.66. The standard InChI is InChI=1S/C24H28ClN5O6S4/c1-14-8-18-20(12-26-14)38-23(27-18)24(32)30-7-6-29(13-17(30)11-21(31)28(2)39(3,33)34)40(35,36)22-9-15-4-5-16(25)10-19(15)37-22/h4-5,9-10,14,17,26H,6-8,11-13H2,1-3H3. The van der Waals surface area contributed by atoms with Crippen LogP contribution in [0.15, 0.2) is 28.5 Å². The number of piperazine rings is 1. The molecule has 216 valence electrons. The molecule has 1 N–H and O–H groups in total. The monoisotopic (exact) mass is 645 g/mol. The summed E-state index contributed by atoms with van der Waals surface area (Å²) in [5.74, 6) is -1.14. The van der Waals surface area contributed by atoms with Crippen molar-refractivity contribution >= 4 is 76.2 Å². The smallest absolute Gasteiger partial charge is 0.283 e. The van der Waals surface area contributed by atoms with E-state index >= 15 is 0 Å². The van der Waals surface area contributed by atoms with Gasteiger partial charge in [-0.2, -0.15) is 4.31 Å². The Balaban J connectivity index is 1.44. The van der Waals surface area contributed by atoms with Gasteiger partial charge in [0.25, 0.3) is 15.9 Å². The van der Waals surface area contributed by atoms with E-state index in [9.17, 15) is 26.4 Å². The first-order valence-corrected chi connectivity index (χ1v) is 17.7. The number of amides is 2. The summed E-state index contributed by atoms with van der Waals surface area (Å²) >= 11 is 8.45. The first kappa shape index (κ1) is 29.4. The highest BCUT2D eigenvalue weighted by atomic mass is 35.5. The Labute approximate surface area is 245 Å². The van der Waals surface area contributed by atoms with Gasteiger partial charge < -0.3 is 10.2 Å². The SMILES string of the molecule is CC1Cc2nc(C(=O)N3CCN(S(=O)(=O)c4cc5ccc(Cl)cc5s4)CC3CC(=O)N(C)S(C)(=O)=O)sc2CN1. The molecular formula is C24H28ClN5O6S4. The van der Waals surface area contributed by atoms with Gasteiger partial charge in [-0.1, -0.05) is 17.7 Å². The van der Waals surface area contributed by atoms with Crippen LogP contribution < -0.4 is 5.32 Å². The van der Waals surface area contributed by atoms with Crippen molar-refractivity contribution in [2.75, 3.05) is 32.9 Å². The molecule has 3 aromatic rings. The molecule has 0 saturated carbocycles. The summed E-state index contributed by atoms with van der Waals surface area (Å²) in [6.07, 6.45) is 1.23. The van der Waals surface area contributed by atoms with Gasteiger partial charge in [-0.05, 0) is 30.5 Å². The lowest BCUT2D eigenvalue weighted by molar-refractivity contribution is -0.127. The number of thiazole rings is 1. The highest BCUT2D eigenvalue weighted by Crippen LogP contribution is 2.34. The second-order valence-corrected chi connectivity index (χ2v) is 16.7. The van der Waals surface area contributed by atoms with E-state index in [1.165, 1.54) is 20.5 Å². The molecule has 0 bridgehead atoms. The van der Waals surface area contributed by atoms with Gasteiger partial charge in [0.15, 0.2) is 5.01 Å². The lowest BCUT2D eigenvalue weighted by atomic mass is 10.1. The van der Waals surface area contributed by atoms with Crippen molar-refractivity contribution in [1.82, 2.24) is 23.8 Å². The van der Waals surface area contributed by atoms with Crippen molar-refractivity contribution in [2.45, 2.75) is 42.6 Å². The number of benzene rings is 1. The minimum Gasteiger partial charge on any atom is -0.330 e. The molecule has 4 heterocycles. The summed E-state index contributed by atoms with van der Waals surface area (Å²) in [5.41, 5.74) is 0.857. The minimum absolute atomic E-state index is 0.0133. The van der Waals surface area contributed by atoms with Gasteiger partial charge in [-0.25, -0.2) is 26.1 Å². The Bertz CT molecular complexity index is 1700. The molecule has 2 aliphatic rings. The number of carbonyl (C=O) groups is 2. The molecule has 16 heteroatoms. The maximum absolute atomic E-state index is 13.7. The summed E-state index contributed by atoms with van der Waals surface area (Å²) in [6.45, 7) is 2.51. The highest BCUT2D eigenvalue weighted by molar-refractivity contribution is 7.91. The van der Waals surface area contributed by atoms with Gasteiger partial charge in [0.1, 0.15) is 4.21 Å². The van der Waals surface area contributed by atoms with Crippen LogP contribution in [0.2, 0.25) is 5.02 Å². The summed E-state index contributed by atoms with van der Waals surface area (Å²) in [5, 5.41) is 4.84. The molecule has 5 rings (SSSR count). The first-order valence-electron chi connectivity index (χ1n) is 12.4. The Morgan fingerprint density at radius 3 is 2.65 bits per heavy atom. The molecule has 40 heavy (non-hydrogen) atoms. The van der Waals surface area contributed by atoms with Crippen molar-refractivity contribution in [3.63, 3.8) is 0 Å². The normalized spacial score (nSPS) is 20.4. The number of fused-ring (bicyclic) bond motifs is 2. The van der Waals surface area contributed by atoms with E-state index in [0.29, 0.717) is 22.3 Å². The minimum atomic E-state index is -3.97. The highest BCUT2D eigenvalue weighted by Gasteiger charge is 2.40. The lowest BCUT2D eigenvalue weighted by Gasteiger charge is -2.40. The van der Waals surface area contributed by atoms with Crippen molar-refractivity contribution in [2.24, 2.45) is 0 Å². The third-order valence-electron chi connectivity index (χ3n) is 7.09. The van der Waals surface area contributed by atoms with Crippen molar-refractivity contribution < 1.29 is 26.4 Å². The first-order chi connectivity index (χ1) is 18.7. The van der Waals surface area contributed by atoms with Crippen molar-refractivity contribution in [3.8, 4) is 0 Å². The van der Waals surface area contributed by atoms with Gasteiger partial charge in [0.05, 0.1) is 18.0 Å². The predicted octanol–water partition coefficient (Wildman–Crippen LogP) is 2.37. The van der Waals surface area contributed by atoms with E-state index < -0.39 is 37.9 Å². The maximum Gasteiger partial charge on any atom is 0.283 e. The van der Waals surface area contributed by atoms with Crippen LogP contribution in [0.1, 0.15) is 33.7 Å². The second-order valence-electron chi connectivity index (χ2n) is 9.97. The fourth-order valence-corrected chi connectivity index (χ4v) is 9.50. The van der Waals surface area contributed by atoms with E-state index in [-0.39, 0.29) is 41.3 Å². The van der Waals surface area contributed by atoms with Crippen LogP contribution in [-0.4, -0.2) is 92.2 Å². The summed E-state index contributed by atoms with van der Waals surface area (Å²) in [6, 6.07) is 6.04. The van der Waals surface area contributed by atoms with E-state index in [4.69, 9.17) is 11.6 Å². The molecule has 0 spiro atoms. The average Bonchev–Trinajstić information content (AvgIpc) is 3.51. The maximum atomic E-state index is 13.7. The number of halogens is 1. The summed E-state index contributed by atoms with van der Waals surface area (Å²) in [4.78, 5) is 33.6. The second kappa shape index (κ2) is 10.9. The zero-order chi connectivity index (χ0) is 29.0. The fourth-order valence-electron chi connectivity index (χ4n) is 4.76. The molecule has 0 aliphatic carbocycles. The number of rotatable bonds is 6. The third kappa shape index (κ3) is 5.78. The molecule has 1 fully saturated rings. The number of hydrogen-bond donors (Lipinski definition) is 1. The van der Waals surface area contributed by atoms with Crippen LogP contribution in [0.3, 0.4) is 0 Å². The van der Waals surface area contributed by atoms with Crippen LogP contribution in [0.4, 0.5) is 0 Å². The number of nitrogens with zero attached hydrogens (tertiary/aromatic N) is 4. The molecule has 0 radical (unpaired) electrons. The molecular weight excluding hydrogens is 618 g/mol. The van der Waals surface area contributed by atoms with Crippen LogP contribution in [0, 0.1) is 0 Å². The van der Waals surface area contributed by atoms with Crippen LogP contribution in [0.5, 0.6) is 0 Å². The van der Waals surface area contributed by atoms with E-state index in [0.717, 1.165) is 45.3 Å². The van der Waals surface area contributed by atoms with E-state index in [1.807, 2.05) is 6.92 Å². The molecule has 2 aromatic heterocycles. The summed E-state index contributed by atoms with van der Waals surface area (Å²) < 4.78 is 54.1. The fraction of sp³-hybridized carbons (Fsp3) is 0.458. The lowest BCUT2D eigenvalue weighted by Crippen LogP contribution is -2.57. The number of carbonyl (C=O) groups excluding carboxylic acids is 2. The van der Waals surface area contributed by atoms with Crippen LogP contribution in [-0.2, 0) is 37.8 Å². The Morgan fingerprint density at radius 1 is 1.18 bits per heavy atom. The molecule has 11 nitrogen and oxygen atoms in total. The molecule has 2 amide bonds. The Kier molecular flexibility index (Phi) is 8.02. The van der Waals surface area contributed by atoms with Crippen LogP contribution in [0.25, 0.3) is 10.1 Å². The van der Waals surface area contributed by atoms with Crippen molar-refractivity contribution in [3.05, 3.63) is 44.9 Å². The Morgan fingerprint density at radius 2 is 1.93 bits per heavy atom. The van der Waals surface area contributed by atoms with E-state index in [1.54, 1.807) is 24.3 Å². The largest absolute Gasteiger partial charge is 0.330 e. The average molecular weight is 646 g/mol. The molecule has 2 unspecified atom stereocenters. The van der Waals surface area contributed by atoms with Crippen LogP contribution >= 0.6 is 34.3 Å². The van der Waals surface area contributed by atoms with Gasteiger partial charge in [-0.3, -0.25) is 9.59 Å². The zero-order valence-electron chi connectivity index (χ0n) is 22.0. The molecule has 2 atom stereocenters. The molecule has 1 aromatic carbocycles. The molecule has 1 saturated heterocycles. The predicted molar refractivity (Wildman–Crippen MR) is 155 cm³/mol. The topological polar surface area (TPSA) is 137 Å². The third-order valence-corrected chi connectivity index (χ3v) is 13.0. The molecule has 2 aliphatic heterocycles. The number of aromatic nitrogens is 1. The van der Waals surface area contributed by atoms with Gasteiger partial charge >= 0.3 is 0 Å². The van der Waals surface area contributed by atoms with Gasteiger partial charge in [-0.15, -0.1) is 22.7 Å². The van der Waals surface area contributed by atoms with Crippen molar-refractivity contribution in [1.29, 1.82) is 0 Å². The van der Waals surface area contributed by atoms with E-state index in [2.05, 4.69) is 10.3 Å². The number of hydrogen-bond acceptors (Lipinski definition) is 10. The number of thiophene rings is 1.